The zero-order valence-electron chi connectivity index (χ0n) is 14.7. The van der Waals surface area contributed by atoms with Gasteiger partial charge in [-0.15, -0.1) is 0 Å². The predicted molar refractivity (Wildman–Crippen MR) is 94.7 cm³/mol. The fraction of sp³-hybridized carbons (Fsp3) is 0.316. The summed E-state index contributed by atoms with van der Waals surface area (Å²) in [5, 5.41) is 0. The second kappa shape index (κ2) is 8.82. The molecule has 0 aliphatic heterocycles. The van der Waals surface area contributed by atoms with Crippen LogP contribution in [0.15, 0.2) is 48.8 Å². The van der Waals surface area contributed by atoms with Gasteiger partial charge in [-0.05, 0) is 30.3 Å². The number of nitrogens with zero attached hydrogens (tertiary/aromatic N) is 2. The highest BCUT2D eigenvalue weighted by Gasteiger charge is 2.18. The van der Waals surface area contributed by atoms with Crippen molar-refractivity contribution in [1.29, 1.82) is 0 Å². The quantitative estimate of drug-likeness (QED) is 0.264. The molecule has 0 saturated heterocycles. The Morgan fingerprint density at radius 2 is 1.96 bits per heavy atom. The van der Waals surface area contributed by atoms with Gasteiger partial charge in [0.1, 0.15) is 24.7 Å². The SMILES string of the molecule is COc1ccc([I+]c2ccc(COCCn3cc[n+](C)c3C)s2)cc1. The minimum Gasteiger partial charge on any atom is -0.497 e. The number of hydrogen-bond donors (Lipinski definition) is 0. The molecular formula is C19H23IN2O2S+2. The molecule has 0 amide bonds. The Hall–Kier alpha value is -1.38. The fourth-order valence-electron chi connectivity index (χ4n) is 2.39. The van der Waals surface area contributed by atoms with Crippen LogP contribution in [-0.2, 0) is 24.9 Å². The van der Waals surface area contributed by atoms with E-state index in [1.54, 1.807) is 7.11 Å². The highest BCUT2D eigenvalue weighted by molar-refractivity contribution is 7.09. The van der Waals surface area contributed by atoms with Gasteiger partial charge in [-0.3, -0.25) is 0 Å². The highest BCUT2D eigenvalue weighted by Crippen LogP contribution is 2.11. The largest absolute Gasteiger partial charge is 0.497 e. The smallest absolute Gasteiger partial charge is 0.369 e. The molecule has 6 heteroatoms. The molecule has 1 aromatic carbocycles. The summed E-state index contributed by atoms with van der Waals surface area (Å²) in [5.74, 6) is 2.16. The van der Waals surface area contributed by atoms with Crippen molar-refractivity contribution < 1.29 is 35.2 Å². The number of hydrogen-bond acceptors (Lipinski definition) is 3. The Kier molecular flexibility index (Phi) is 6.50. The molecule has 25 heavy (non-hydrogen) atoms. The lowest BCUT2D eigenvalue weighted by Crippen LogP contribution is -3.61. The van der Waals surface area contributed by atoms with Gasteiger partial charge in [-0.2, -0.15) is 0 Å². The average molecular weight is 470 g/mol. The van der Waals surface area contributed by atoms with Crippen molar-refractivity contribution in [3.8, 4) is 5.75 Å². The van der Waals surface area contributed by atoms with E-state index in [1.807, 2.05) is 23.5 Å². The first kappa shape index (κ1) is 18.4. The summed E-state index contributed by atoms with van der Waals surface area (Å²) < 4.78 is 18.3. The number of methoxy groups -OCH3 is 1. The van der Waals surface area contributed by atoms with E-state index >= 15 is 0 Å². The molecule has 2 aromatic heterocycles. The van der Waals surface area contributed by atoms with Crippen molar-refractivity contribution in [2.75, 3.05) is 13.7 Å². The fourth-order valence-corrected chi connectivity index (χ4v) is 6.56. The Morgan fingerprint density at radius 1 is 1.16 bits per heavy atom. The van der Waals surface area contributed by atoms with Gasteiger partial charge in [0.05, 0.1) is 27.4 Å². The Morgan fingerprint density at radius 3 is 2.64 bits per heavy atom. The van der Waals surface area contributed by atoms with Gasteiger partial charge in [-0.25, -0.2) is 9.13 Å². The molecule has 0 atom stereocenters. The third-order valence-electron chi connectivity index (χ3n) is 4.00. The van der Waals surface area contributed by atoms with Crippen LogP contribution in [0.3, 0.4) is 0 Å². The number of halogens is 1. The van der Waals surface area contributed by atoms with E-state index in [2.05, 4.69) is 59.8 Å². The summed E-state index contributed by atoms with van der Waals surface area (Å²) >= 11 is 1.75. The Labute approximate surface area is 163 Å². The van der Waals surface area contributed by atoms with Gasteiger partial charge in [0.25, 0.3) is 5.82 Å². The highest BCUT2D eigenvalue weighted by atomic mass is 127. The predicted octanol–water partition coefficient (Wildman–Crippen LogP) is 0.0363. The second-order valence-electron chi connectivity index (χ2n) is 5.66. The van der Waals surface area contributed by atoms with Crippen molar-refractivity contribution in [3.63, 3.8) is 0 Å². The van der Waals surface area contributed by atoms with E-state index in [4.69, 9.17) is 9.47 Å². The molecule has 0 spiro atoms. The molecule has 0 radical (unpaired) electrons. The normalized spacial score (nSPS) is 11.0. The first-order chi connectivity index (χ1) is 12.2. The van der Waals surface area contributed by atoms with Crippen LogP contribution in [-0.4, -0.2) is 18.3 Å². The molecule has 0 unspecified atom stereocenters. The number of aryl methyl sites for hydroxylation is 1. The number of imidazole rings is 1. The van der Waals surface area contributed by atoms with Crippen LogP contribution in [0, 0.1) is 13.4 Å². The van der Waals surface area contributed by atoms with Gasteiger partial charge in [0.15, 0.2) is 3.57 Å². The minimum atomic E-state index is -0.126. The topological polar surface area (TPSA) is 27.3 Å². The lowest BCUT2D eigenvalue weighted by Gasteiger charge is -2.01. The molecule has 0 bridgehead atoms. The molecule has 3 rings (SSSR count). The van der Waals surface area contributed by atoms with Crippen molar-refractivity contribution in [1.82, 2.24) is 4.57 Å². The lowest BCUT2D eigenvalue weighted by molar-refractivity contribution is -0.677. The zero-order valence-corrected chi connectivity index (χ0v) is 17.7. The van der Waals surface area contributed by atoms with E-state index in [9.17, 15) is 0 Å². The van der Waals surface area contributed by atoms with Gasteiger partial charge < -0.3 is 9.47 Å². The monoisotopic (exact) mass is 470 g/mol. The molecule has 0 aliphatic rings. The summed E-state index contributed by atoms with van der Waals surface area (Å²) in [6, 6.07) is 12.9. The molecule has 0 N–H and O–H groups in total. The minimum absolute atomic E-state index is 0.126. The van der Waals surface area contributed by atoms with Crippen molar-refractivity contribution in [3.05, 3.63) is 65.9 Å². The summed E-state index contributed by atoms with van der Waals surface area (Å²) in [6.07, 6.45) is 4.17. The second-order valence-corrected chi connectivity index (χ2v) is 10.5. The van der Waals surface area contributed by atoms with E-state index in [0.717, 1.165) is 18.9 Å². The van der Waals surface area contributed by atoms with Crippen LogP contribution in [0.4, 0.5) is 0 Å². The molecule has 4 nitrogen and oxygen atoms in total. The van der Waals surface area contributed by atoms with Crippen LogP contribution in [0.2, 0.25) is 0 Å². The Bertz CT molecular complexity index is 811. The van der Waals surface area contributed by atoms with E-state index in [0.29, 0.717) is 6.61 Å². The van der Waals surface area contributed by atoms with Crippen LogP contribution >= 0.6 is 11.3 Å². The first-order valence-electron chi connectivity index (χ1n) is 8.12. The summed E-state index contributed by atoms with van der Waals surface area (Å²) in [4.78, 5) is 1.30. The molecule has 0 fully saturated rings. The van der Waals surface area contributed by atoms with E-state index in [-0.39, 0.29) is 21.2 Å². The van der Waals surface area contributed by atoms with Crippen molar-refractivity contribution in [2.24, 2.45) is 7.05 Å². The maximum atomic E-state index is 5.86. The third-order valence-corrected chi connectivity index (χ3v) is 8.26. The molecule has 2 heterocycles. The number of rotatable bonds is 8. The van der Waals surface area contributed by atoms with Crippen LogP contribution in [0.5, 0.6) is 5.75 Å². The van der Waals surface area contributed by atoms with Crippen molar-refractivity contribution in [2.45, 2.75) is 20.1 Å². The van der Waals surface area contributed by atoms with Crippen LogP contribution in [0.25, 0.3) is 0 Å². The van der Waals surface area contributed by atoms with Gasteiger partial charge >= 0.3 is 21.2 Å². The molecule has 0 saturated carbocycles. The van der Waals surface area contributed by atoms with E-state index in [1.165, 1.54) is 17.2 Å². The average Bonchev–Trinajstić information content (AvgIpc) is 3.20. The maximum Gasteiger partial charge on any atom is 0.369 e. The molecule has 3 aromatic rings. The summed E-state index contributed by atoms with van der Waals surface area (Å²) in [7, 11) is 3.76. The van der Waals surface area contributed by atoms with Gasteiger partial charge in [0.2, 0.25) is 2.88 Å². The number of aromatic nitrogens is 2. The number of benzene rings is 1. The van der Waals surface area contributed by atoms with E-state index < -0.39 is 0 Å². The molecular weight excluding hydrogens is 447 g/mol. The first-order valence-corrected chi connectivity index (χ1v) is 11.1. The number of thiophene rings is 1. The van der Waals surface area contributed by atoms with Gasteiger partial charge in [0, 0.05) is 17.9 Å². The van der Waals surface area contributed by atoms with Crippen molar-refractivity contribution >= 4 is 11.3 Å². The van der Waals surface area contributed by atoms with Gasteiger partial charge in [-0.1, -0.05) is 11.3 Å². The molecule has 132 valence electrons. The Balaban J connectivity index is 1.45. The number of ether oxygens (including phenoxy) is 2. The third kappa shape index (κ3) is 5.05. The standard InChI is InChI=1S/C19H23IN2O2S/c1-15-21(2)10-11-22(15)12-13-24-14-18-8-9-19(25-18)20-16-4-6-17(23-3)7-5-16/h4-11H,12-14H2,1-3H3/q+2. The summed E-state index contributed by atoms with van der Waals surface area (Å²) in [5.41, 5.74) is 0. The summed E-state index contributed by atoms with van der Waals surface area (Å²) in [6.45, 7) is 4.44. The lowest BCUT2D eigenvalue weighted by atomic mass is 10.3. The van der Waals surface area contributed by atoms with Crippen LogP contribution < -0.4 is 30.5 Å². The molecule has 0 aliphatic carbocycles. The van der Waals surface area contributed by atoms with Crippen LogP contribution in [0.1, 0.15) is 10.7 Å². The maximum absolute atomic E-state index is 5.86. The zero-order chi connectivity index (χ0) is 17.6.